The second-order valence-corrected chi connectivity index (χ2v) is 6.65. The van der Waals surface area contributed by atoms with Crippen molar-refractivity contribution in [2.24, 2.45) is 0 Å². The maximum atomic E-state index is 12.2. The largest absolute Gasteiger partial charge is 0.507 e. The Bertz CT molecular complexity index is 1030. The number of esters is 1. The van der Waals surface area contributed by atoms with Crippen LogP contribution in [0.3, 0.4) is 0 Å². The molecule has 6 heteroatoms. The van der Waals surface area contributed by atoms with Gasteiger partial charge in [-0.3, -0.25) is 4.79 Å². The smallest absolute Gasteiger partial charge is 0.342 e. The van der Waals surface area contributed by atoms with Crippen molar-refractivity contribution >= 4 is 22.6 Å². The minimum absolute atomic E-state index is 0.0104. The van der Waals surface area contributed by atoms with Gasteiger partial charge in [0.05, 0.1) is 0 Å². The molecule has 28 heavy (non-hydrogen) atoms. The van der Waals surface area contributed by atoms with E-state index in [1.54, 1.807) is 26.0 Å². The molecule has 0 spiro atoms. The second kappa shape index (κ2) is 8.00. The lowest BCUT2D eigenvalue weighted by Crippen LogP contribution is -2.28. The van der Waals surface area contributed by atoms with Crippen LogP contribution in [0.25, 0.3) is 10.8 Å². The van der Waals surface area contributed by atoms with Crippen LogP contribution in [0.4, 0.5) is 0 Å². The van der Waals surface area contributed by atoms with Crippen molar-refractivity contribution in [1.82, 2.24) is 5.32 Å². The summed E-state index contributed by atoms with van der Waals surface area (Å²) in [5.74, 6) is -1.19. The van der Waals surface area contributed by atoms with Gasteiger partial charge in [-0.1, -0.05) is 36.4 Å². The van der Waals surface area contributed by atoms with E-state index >= 15 is 0 Å². The maximum Gasteiger partial charge on any atom is 0.342 e. The molecular weight excluding hydrogens is 358 g/mol. The number of phenolic OH excluding ortho intramolecular Hbond substituents is 2. The van der Waals surface area contributed by atoms with Crippen molar-refractivity contribution in [1.29, 1.82) is 0 Å². The molecule has 3 rings (SSSR count). The number of amides is 1. The molecule has 0 atom stereocenters. The van der Waals surface area contributed by atoms with Crippen LogP contribution in [-0.4, -0.2) is 28.7 Å². The molecule has 0 saturated carbocycles. The topological polar surface area (TPSA) is 95.9 Å². The Morgan fingerprint density at radius 1 is 0.964 bits per heavy atom. The number of fused-ring (bicyclic) bond motifs is 1. The van der Waals surface area contributed by atoms with Crippen LogP contribution in [-0.2, 0) is 16.1 Å². The minimum Gasteiger partial charge on any atom is -0.507 e. The summed E-state index contributed by atoms with van der Waals surface area (Å²) >= 11 is 0. The number of aryl methyl sites for hydroxylation is 2. The van der Waals surface area contributed by atoms with Gasteiger partial charge in [0.2, 0.25) is 0 Å². The number of benzene rings is 3. The fourth-order valence-corrected chi connectivity index (χ4v) is 3.00. The van der Waals surface area contributed by atoms with Gasteiger partial charge in [0.25, 0.3) is 5.91 Å². The van der Waals surface area contributed by atoms with Gasteiger partial charge in [-0.15, -0.1) is 0 Å². The minimum atomic E-state index is -0.769. The van der Waals surface area contributed by atoms with Gasteiger partial charge < -0.3 is 20.3 Å². The molecule has 144 valence electrons. The summed E-state index contributed by atoms with van der Waals surface area (Å²) in [7, 11) is 0. The second-order valence-electron chi connectivity index (χ2n) is 6.65. The molecule has 0 fully saturated rings. The number of phenols is 2. The summed E-state index contributed by atoms with van der Waals surface area (Å²) < 4.78 is 5.02. The molecule has 0 saturated heterocycles. The van der Waals surface area contributed by atoms with E-state index in [9.17, 15) is 19.8 Å². The monoisotopic (exact) mass is 379 g/mol. The highest BCUT2D eigenvalue weighted by atomic mass is 16.5. The predicted molar refractivity (Wildman–Crippen MR) is 105 cm³/mol. The number of carbonyl (C=O) groups is 2. The third-order valence-corrected chi connectivity index (χ3v) is 4.46. The van der Waals surface area contributed by atoms with E-state index < -0.39 is 18.5 Å². The molecule has 0 aromatic heterocycles. The molecule has 0 bridgehead atoms. The fourth-order valence-electron chi connectivity index (χ4n) is 3.00. The van der Waals surface area contributed by atoms with Gasteiger partial charge in [-0.05, 0) is 53.4 Å². The Hall–Kier alpha value is -3.54. The summed E-state index contributed by atoms with van der Waals surface area (Å²) in [6, 6.07) is 13.9. The molecule has 0 aliphatic heterocycles. The van der Waals surface area contributed by atoms with Gasteiger partial charge in [0, 0.05) is 6.54 Å². The van der Waals surface area contributed by atoms with Gasteiger partial charge in [0.15, 0.2) is 6.61 Å². The van der Waals surface area contributed by atoms with Crippen LogP contribution in [0, 0.1) is 13.8 Å². The summed E-state index contributed by atoms with van der Waals surface area (Å²) in [6.45, 7) is 3.36. The first-order chi connectivity index (χ1) is 13.3. The zero-order chi connectivity index (χ0) is 20.3. The first-order valence-corrected chi connectivity index (χ1v) is 8.80. The molecular formula is C22H21NO5. The number of ether oxygens (including phenoxy) is 1. The third-order valence-electron chi connectivity index (χ3n) is 4.46. The third kappa shape index (κ3) is 4.23. The molecule has 0 aliphatic carbocycles. The lowest BCUT2D eigenvalue weighted by molar-refractivity contribution is -0.124. The highest BCUT2D eigenvalue weighted by Gasteiger charge is 2.15. The van der Waals surface area contributed by atoms with Crippen molar-refractivity contribution in [3.8, 4) is 11.5 Å². The number of carbonyl (C=O) groups excluding carboxylic acids is 2. The molecule has 0 heterocycles. The van der Waals surface area contributed by atoms with Crippen LogP contribution >= 0.6 is 0 Å². The zero-order valence-electron chi connectivity index (χ0n) is 15.7. The fraction of sp³-hybridized carbons (Fsp3) is 0.182. The summed E-state index contributed by atoms with van der Waals surface area (Å²) in [6.07, 6.45) is 0. The summed E-state index contributed by atoms with van der Waals surface area (Å²) in [5, 5.41) is 24.1. The Labute approximate surface area is 162 Å². The van der Waals surface area contributed by atoms with E-state index in [2.05, 4.69) is 5.32 Å². The van der Waals surface area contributed by atoms with Crippen molar-refractivity contribution in [2.75, 3.05) is 6.61 Å². The predicted octanol–water partition coefficient (Wildman–Crippen LogP) is 3.34. The van der Waals surface area contributed by atoms with Crippen molar-refractivity contribution in [2.45, 2.75) is 20.4 Å². The lowest BCUT2D eigenvalue weighted by Gasteiger charge is -2.10. The zero-order valence-corrected chi connectivity index (χ0v) is 15.7. The van der Waals surface area contributed by atoms with Gasteiger partial charge >= 0.3 is 5.97 Å². The normalized spacial score (nSPS) is 10.6. The van der Waals surface area contributed by atoms with Crippen LogP contribution in [0.2, 0.25) is 0 Å². The van der Waals surface area contributed by atoms with E-state index in [1.165, 1.54) is 12.1 Å². The SMILES string of the molecule is Cc1cc(CNC(=O)COC(=O)c2cc3ccccc3cc2O)cc(C)c1O. The molecule has 6 nitrogen and oxygen atoms in total. The van der Waals surface area contributed by atoms with E-state index in [-0.39, 0.29) is 23.6 Å². The first-order valence-electron chi connectivity index (χ1n) is 8.80. The molecule has 0 aliphatic rings. The standard InChI is InChI=1S/C22H21NO5/c1-13-7-15(8-14(2)21(13)26)11-23-20(25)12-28-22(27)18-9-16-5-3-4-6-17(16)10-19(18)24/h3-10,24,26H,11-12H2,1-2H3,(H,23,25). The first kappa shape index (κ1) is 19.2. The van der Waals surface area contributed by atoms with E-state index in [0.29, 0.717) is 0 Å². The van der Waals surface area contributed by atoms with Crippen LogP contribution < -0.4 is 5.32 Å². The summed E-state index contributed by atoms with van der Waals surface area (Å²) in [5.41, 5.74) is 2.29. The van der Waals surface area contributed by atoms with Crippen molar-refractivity contribution in [3.63, 3.8) is 0 Å². The highest BCUT2D eigenvalue weighted by molar-refractivity contribution is 5.99. The number of hydrogen-bond donors (Lipinski definition) is 3. The number of aromatic hydroxyl groups is 2. The van der Waals surface area contributed by atoms with Crippen LogP contribution in [0.1, 0.15) is 27.0 Å². The molecule has 1 amide bonds. The van der Waals surface area contributed by atoms with E-state index in [1.807, 2.05) is 24.3 Å². The number of rotatable bonds is 5. The highest BCUT2D eigenvalue weighted by Crippen LogP contribution is 2.25. The quantitative estimate of drug-likeness (QED) is 0.591. The Morgan fingerprint density at radius 2 is 1.57 bits per heavy atom. The molecule has 3 aromatic rings. The maximum absolute atomic E-state index is 12.2. The average molecular weight is 379 g/mol. The molecule has 0 radical (unpaired) electrons. The van der Waals surface area contributed by atoms with Crippen molar-refractivity contribution < 1.29 is 24.5 Å². The molecule has 3 N–H and O–H groups in total. The molecule has 0 unspecified atom stereocenters. The van der Waals surface area contributed by atoms with Gasteiger partial charge in [0.1, 0.15) is 17.1 Å². The Balaban J connectivity index is 1.59. The average Bonchev–Trinajstić information content (AvgIpc) is 2.67. The Kier molecular flexibility index (Phi) is 5.49. The number of hydrogen-bond acceptors (Lipinski definition) is 5. The van der Waals surface area contributed by atoms with Gasteiger partial charge in [-0.2, -0.15) is 0 Å². The number of nitrogens with one attached hydrogen (secondary N) is 1. The van der Waals surface area contributed by atoms with Crippen LogP contribution in [0.5, 0.6) is 11.5 Å². The van der Waals surface area contributed by atoms with Gasteiger partial charge in [-0.25, -0.2) is 4.79 Å². The summed E-state index contributed by atoms with van der Waals surface area (Å²) in [4.78, 5) is 24.2. The van der Waals surface area contributed by atoms with E-state index in [0.717, 1.165) is 27.5 Å². The molecule has 3 aromatic carbocycles. The van der Waals surface area contributed by atoms with Crippen LogP contribution in [0.15, 0.2) is 48.5 Å². The lowest BCUT2D eigenvalue weighted by atomic mass is 10.1. The van der Waals surface area contributed by atoms with E-state index in [4.69, 9.17) is 4.74 Å². The Morgan fingerprint density at radius 3 is 2.21 bits per heavy atom. The van der Waals surface area contributed by atoms with Crippen molar-refractivity contribution in [3.05, 3.63) is 70.8 Å².